The van der Waals surface area contributed by atoms with Gasteiger partial charge in [0.1, 0.15) is 0 Å². The highest BCUT2D eigenvalue weighted by Gasteiger charge is 2.47. The zero-order valence-corrected chi connectivity index (χ0v) is 14.7. The zero-order valence-electron chi connectivity index (χ0n) is 14.7. The molecule has 2 aromatic rings. The summed E-state index contributed by atoms with van der Waals surface area (Å²) in [5.41, 5.74) is 4.27. The van der Waals surface area contributed by atoms with E-state index in [1.165, 1.54) is 11.1 Å². The summed E-state index contributed by atoms with van der Waals surface area (Å²) in [6.07, 6.45) is 1.60. The van der Waals surface area contributed by atoms with Gasteiger partial charge in [0, 0.05) is 12.2 Å². The Bertz CT molecular complexity index is 768. The molecule has 0 saturated heterocycles. The standard InChI is InChI=1S/C21H24N2O2/c1-3-15-7-9-17(10-8-15)23-21(25)19-12-18(19)20(24)22-13-16-6-4-5-14(2)11-16/h4-11,18-19H,3,12-13H2,1-2H3,(H,22,24)(H,23,25). The highest BCUT2D eigenvalue weighted by molar-refractivity contribution is 5.99. The quantitative estimate of drug-likeness (QED) is 0.849. The minimum Gasteiger partial charge on any atom is -0.352 e. The maximum atomic E-state index is 12.3. The first kappa shape index (κ1) is 17.2. The summed E-state index contributed by atoms with van der Waals surface area (Å²) in [5.74, 6) is -0.536. The van der Waals surface area contributed by atoms with E-state index in [0.29, 0.717) is 13.0 Å². The number of carbonyl (C=O) groups is 2. The molecule has 2 unspecified atom stereocenters. The van der Waals surface area contributed by atoms with Crippen LogP contribution in [0.2, 0.25) is 0 Å². The first-order valence-corrected chi connectivity index (χ1v) is 8.80. The Morgan fingerprint density at radius 1 is 1.00 bits per heavy atom. The SMILES string of the molecule is CCc1ccc(NC(=O)C2CC2C(=O)NCc2cccc(C)c2)cc1. The topological polar surface area (TPSA) is 58.2 Å². The van der Waals surface area contributed by atoms with E-state index in [1.54, 1.807) is 0 Å². The fourth-order valence-electron chi connectivity index (χ4n) is 2.98. The molecule has 3 rings (SSSR count). The Morgan fingerprint density at radius 2 is 1.72 bits per heavy atom. The lowest BCUT2D eigenvalue weighted by atomic mass is 10.1. The molecule has 2 atom stereocenters. The third-order valence-corrected chi connectivity index (χ3v) is 4.64. The minimum atomic E-state index is -0.219. The predicted octanol–water partition coefficient (Wildman–Crippen LogP) is 3.45. The lowest BCUT2D eigenvalue weighted by Crippen LogP contribution is -2.27. The number of hydrogen-bond acceptors (Lipinski definition) is 2. The van der Waals surface area contributed by atoms with E-state index in [0.717, 1.165) is 17.7 Å². The van der Waals surface area contributed by atoms with Crippen molar-refractivity contribution in [3.8, 4) is 0 Å². The van der Waals surface area contributed by atoms with Gasteiger partial charge >= 0.3 is 0 Å². The number of nitrogens with one attached hydrogen (secondary N) is 2. The van der Waals surface area contributed by atoms with Gasteiger partial charge in [-0.1, -0.05) is 48.9 Å². The van der Waals surface area contributed by atoms with E-state index in [9.17, 15) is 9.59 Å². The monoisotopic (exact) mass is 336 g/mol. The van der Waals surface area contributed by atoms with Crippen molar-refractivity contribution in [3.63, 3.8) is 0 Å². The summed E-state index contributed by atoms with van der Waals surface area (Å²) in [4.78, 5) is 24.5. The lowest BCUT2D eigenvalue weighted by Gasteiger charge is -2.07. The van der Waals surface area contributed by atoms with Gasteiger partial charge < -0.3 is 10.6 Å². The summed E-state index contributed by atoms with van der Waals surface area (Å²) < 4.78 is 0. The Hall–Kier alpha value is -2.62. The summed E-state index contributed by atoms with van der Waals surface area (Å²) >= 11 is 0. The Balaban J connectivity index is 1.47. The molecule has 0 bridgehead atoms. The van der Waals surface area contributed by atoms with Gasteiger partial charge in [0.05, 0.1) is 11.8 Å². The van der Waals surface area contributed by atoms with Crippen molar-refractivity contribution in [1.82, 2.24) is 5.32 Å². The largest absolute Gasteiger partial charge is 0.352 e. The Kier molecular flexibility index (Phi) is 5.17. The van der Waals surface area contributed by atoms with Crippen LogP contribution < -0.4 is 10.6 Å². The van der Waals surface area contributed by atoms with Crippen molar-refractivity contribution in [2.75, 3.05) is 5.32 Å². The van der Waals surface area contributed by atoms with Crippen molar-refractivity contribution < 1.29 is 9.59 Å². The van der Waals surface area contributed by atoms with Crippen LogP contribution in [-0.2, 0) is 22.6 Å². The maximum Gasteiger partial charge on any atom is 0.228 e. The van der Waals surface area contributed by atoms with Crippen LogP contribution in [0.4, 0.5) is 5.69 Å². The third-order valence-electron chi connectivity index (χ3n) is 4.64. The summed E-state index contributed by atoms with van der Waals surface area (Å²) in [6, 6.07) is 15.9. The van der Waals surface area contributed by atoms with Gasteiger partial charge in [-0.3, -0.25) is 9.59 Å². The fraction of sp³-hybridized carbons (Fsp3) is 0.333. The van der Waals surface area contributed by atoms with Gasteiger partial charge in [0.15, 0.2) is 0 Å². The average Bonchev–Trinajstić information content (AvgIpc) is 3.41. The molecule has 0 aliphatic heterocycles. The number of carbonyl (C=O) groups excluding carboxylic acids is 2. The Morgan fingerprint density at radius 3 is 2.40 bits per heavy atom. The zero-order chi connectivity index (χ0) is 17.8. The molecule has 130 valence electrons. The number of benzene rings is 2. The van der Waals surface area contributed by atoms with Crippen LogP contribution in [0.15, 0.2) is 48.5 Å². The normalized spacial score (nSPS) is 18.5. The molecular formula is C21H24N2O2. The molecular weight excluding hydrogens is 312 g/mol. The molecule has 4 heteroatoms. The van der Waals surface area contributed by atoms with Gasteiger partial charge in [-0.15, -0.1) is 0 Å². The van der Waals surface area contributed by atoms with Crippen LogP contribution in [0.3, 0.4) is 0 Å². The molecule has 1 aliphatic rings. The lowest BCUT2D eigenvalue weighted by molar-refractivity contribution is -0.125. The first-order valence-electron chi connectivity index (χ1n) is 8.80. The number of amides is 2. The van der Waals surface area contributed by atoms with E-state index < -0.39 is 0 Å². The molecule has 0 aromatic heterocycles. The fourth-order valence-corrected chi connectivity index (χ4v) is 2.98. The van der Waals surface area contributed by atoms with Crippen molar-refractivity contribution in [3.05, 3.63) is 65.2 Å². The van der Waals surface area contributed by atoms with E-state index in [-0.39, 0.29) is 23.7 Å². The highest BCUT2D eigenvalue weighted by Crippen LogP contribution is 2.39. The van der Waals surface area contributed by atoms with Gasteiger partial charge in [-0.05, 0) is 43.0 Å². The van der Waals surface area contributed by atoms with Crippen LogP contribution in [0.5, 0.6) is 0 Å². The summed E-state index contributed by atoms with van der Waals surface area (Å²) in [6.45, 7) is 4.63. The minimum absolute atomic E-state index is 0.0389. The van der Waals surface area contributed by atoms with Crippen LogP contribution in [-0.4, -0.2) is 11.8 Å². The van der Waals surface area contributed by atoms with Crippen molar-refractivity contribution in [1.29, 1.82) is 0 Å². The highest BCUT2D eigenvalue weighted by atomic mass is 16.2. The van der Waals surface area contributed by atoms with E-state index in [4.69, 9.17) is 0 Å². The second kappa shape index (κ2) is 7.51. The number of anilines is 1. The van der Waals surface area contributed by atoms with Crippen molar-refractivity contribution >= 4 is 17.5 Å². The molecule has 0 radical (unpaired) electrons. The van der Waals surface area contributed by atoms with Crippen LogP contribution in [0.25, 0.3) is 0 Å². The number of hydrogen-bond donors (Lipinski definition) is 2. The maximum absolute atomic E-state index is 12.3. The van der Waals surface area contributed by atoms with Crippen LogP contribution >= 0.6 is 0 Å². The number of aryl methyl sites for hydroxylation is 2. The van der Waals surface area contributed by atoms with Gasteiger partial charge in [-0.25, -0.2) is 0 Å². The summed E-state index contributed by atoms with van der Waals surface area (Å²) in [7, 11) is 0. The smallest absolute Gasteiger partial charge is 0.228 e. The first-order chi connectivity index (χ1) is 12.1. The van der Waals surface area contributed by atoms with E-state index in [1.807, 2.05) is 49.4 Å². The van der Waals surface area contributed by atoms with Crippen molar-refractivity contribution in [2.45, 2.75) is 33.2 Å². The molecule has 2 aromatic carbocycles. The van der Waals surface area contributed by atoms with E-state index >= 15 is 0 Å². The van der Waals surface area contributed by atoms with Gasteiger partial charge in [-0.2, -0.15) is 0 Å². The van der Waals surface area contributed by atoms with Crippen LogP contribution in [0, 0.1) is 18.8 Å². The third kappa shape index (κ3) is 4.47. The van der Waals surface area contributed by atoms with E-state index in [2.05, 4.69) is 23.6 Å². The number of rotatable bonds is 6. The second-order valence-electron chi connectivity index (χ2n) is 6.70. The summed E-state index contributed by atoms with van der Waals surface area (Å²) in [5, 5.41) is 5.84. The molecule has 4 nitrogen and oxygen atoms in total. The second-order valence-corrected chi connectivity index (χ2v) is 6.70. The molecule has 2 amide bonds. The molecule has 2 N–H and O–H groups in total. The van der Waals surface area contributed by atoms with Gasteiger partial charge in [0.2, 0.25) is 11.8 Å². The molecule has 1 saturated carbocycles. The average molecular weight is 336 g/mol. The van der Waals surface area contributed by atoms with Crippen LogP contribution in [0.1, 0.15) is 30.0 Å². The molecule has 0 spiro atoms. The van der Waals surface area contributed by atoms with Crippen molar-refractivity contribution in [2.24, 2.45) is 11.8 Å². The molecule has 0 heterocycles. The predicted molar refractivity (Wildman–Crippen MR) is 99.1 cm³/mol. The molecule has 25 heavy (non-hydrogen) atoms. The van der Waals surface area contributed by atoms with Gasteiger partial charge in [0.25, 0.3) is 0 Å². The molecule has 1 fully saturated rings. The Labute approximate surface area is 148 Å². The molecule has 1 aliphatic carbocycles.